The lowest BCUT2D eigenvalue weighted by molar-refractivity contribution is -0.121. The molecule has 0 atom stereocenters. The van der Waals surface area contributed by atoms with E-state index in [9.17, 15) is 9.59 Å². The van der Waals surface area contributed by atoms with Crippen LogP contribution >= 0.6 is 0 Å². The topological polar surface area (TPSA) is 93.4 Å². The van der Waals surface area contributed by atoms with Gasteiger partial charge in [-0.2, -0.15) is 0 Å². The standard InChI is InChI=1S/C8H17N3O3/c1-10-4-2-3-7(12)11-5-6-14-8(9)13/h10H,2-6H2,1H3,(H2,9,13)(H,11,12). The third-order valence-corrected chi connectivity index (χ3v) is 1.50. The number of rotatable bonds is 7. The fourth-order valence-corrected chi connectivity index (χ4v) is 0.856. The van der Waals surface area contributed by atoms with Crippen LogP contribution < -0.4 is 16.4 Å². The third kappa shape index (κ3) is 8.79. The summed E-state index contributed by atoms with van der Waals surface area (Å²) in [6, 6.07) is 0. The summed E-state index contributed by atoms with van der Waals surface area (Å²) in [5.74, 6) is -0.0479. The zero-order valence-corrected chi connectivity index (χ0v) is 8.34. The van der Waals surface area contributed by atoms with Gasteiger partial charge < -0.3 is 21.1 Å². The summed E-state index contributed by atoms with van der Waals surface area (Å²) < 4.78 is 4.43. The highest BCUT2D eigenvalue weighted by molar-refractivity contribution is 5.75. The average Bonchev–Trinajstić information content (AvgIpc) is 2.13. The summed E-state index contributed by atoms with van der Waals surface area (Å²) in [5, 5.41) is 5.54. The minimum absolute atomic E-state index is 0.0479. The van der Waals surface area contributed by atoms with Gasteiger partial charge in [-0.1, -0.05) is 0 Å². The van der Waals surface area contributed by atoms with Crippen molar-refractivity contribution in [1.82, 2.24) is 10.6 Å². The van der Waals surface area contributed by atoms with Crippen molar-refractivity contribution < 1.29 is 14.3 Å². The zero-order valence-electron chi connectivity index (χ0n) is 8.34. The van der Waals surface area contributed by atoms with Crippen molar-refractivity contribution in [3.8, 4) is 0 Å². The number of ether oxygens (including phenoxy) is 1. The Hall–Kier alpha value is -1.30. The number of amides is 2. The number of hydrogen-bond acceptors (Lipinski definition) is 4. The number of primary amides is 1. The maximum Gasteiger partial charge on any atom is 0.404 e. The first-order valence-electron chi connectivity index (χ1n) is 4.50. The predicted molar refractivity (Wildman–Crippen MR) is 51.7 cm³/mol. The quantitative estimate of drug-likeness (QED) is 0.472. The number of carbonyl (C=O) groups is 2. The van der Waals surface area contributed by atoms with Gasteiger partial charge >= 0.3 is 6.09 Å². The van der Waals surface area contributed by atoms with E-state index in [0.717, 1.165) is 13.0 Å². The molecule has 6 heteroatoms. The van der Waals surface area contributed by atoms with Crippen LogP contribution in [0.25, 0.3) is 0 Å². The number of nitrogens with one attached hydrogen (secondary N) is 2. The number of nitrogens with two attached hydrogens (primary N) is 1. The van der Waals surface area contributed by atoms with Crippen molar-refractivity contribution in [3.05, 3.63) is 0 Å². The highest BCUT2D eigenvalue weighted by Gasteiger charge is 2.00. The summed E-state index contributed by atoms with van der Waals surface area (Å²) >= 11 is 0. The normalized spacial score (nSPS) is 9.50. The molecule has 0 aromatic carbocycles. The summed E-state index contributed by atoms with van der Waals surface area (Å²) in [7, 11) is 1.83. The van der Waals surface area contributed by atoms with E-state index in [0.29, 0.717) is 13.0 Å². The molecule has 0 unspecified atom stereocenters. The maximum absolute atomic E-state index is 11.1. The fraction of sp³-hybridized carbons (Fsp3) is 0.750. The molecule has 0 aliphatic heterocycles. The molecule has 14 heavy (non-hydrogen) atoms. The molecule has 0 aromatic rings. The van der Waals surface area contributed by atoms with Gasteiger partial charge in [-0.05, 0) is 20.0 Å². The molecule has 0 heterocycles. The first-order chi connectivity index (χ1) is 6.66. The van der Waals surface area contributed by atoms with Crippen molar-refractivity contribution in [2.45, 2.75) is 12.8 Å². The monoisotopic (exact) mass is 203 g/mol. The van der Waals surface area contributed by atoms with Crippen LogP contribution in [0.2, 0.25) is 0 Å². The Balaban J connectivity index is 3.22. The molecular formula is C8H17N3O3. The molecule has 0 rings (SSSR count). The van der Waals surface area contributed by atoms with E-state index in [4.69, 9.17) is 5.73 Å². The van der Waals surface area contributed by atoms with Gasteiger partial charge in [0.25, 0.3) is 0 Å². The van der Waals surface area contributed by atoms with E-state index in [1.54, 1.807) is 0 Å². The van der Waals surface area contributed by atoms with Crippen molar-refractivity contribution in [2.24, 2.45) is 5.73 Å². The van der Waals surface area contributed by atoms with Crippen molar-refractivity contribution in [3.63, 3.8) is 0 Å². The average molecular weight is 203 g/mol. The minimum atomic E-state index is -0.825. The first-order valence-corrected chi connectivity index (χ1v) is 4.50. The van der Waals surface area contributed by atoms with Crippen LogP contribution in [0.15, 0.2) is 0 Å². The van der Waals surface area contributed by atoms with E-state index < -0.39 is 6.09 Å². The summed E-state index contributed by atoms with van der Waals surface area (Å²) in [4.78, 5) is 21.2. The molecule has 6 nitrogen and oxygen atoms in total. The Bertz CT molecular complexity index is 185. The largest absolute Gasteiger partial charge is 0.448 e. The molecule has 0 bridgehead atoms. The Labute approximate surface area is 83.2 Å². The maximum atomic E-state index is 11.1. The highest BCUT2D eigenvalue weighted by atomic mass is 16.5. The minimum Gasteiger partial charge on any atom is -0.448 e. The lowest BCUT2D eigenvalue weighted by atomic mass is 10.3. The lowest BCUT2D eigenvalue weighted by Crippen LogP contribution is -2.29. The number of hydrogen-bond donors (Lipinski definition) is 3. The molecule has 0 aliphatic carbocycles. The number of carbonyl (C=O) groups excluding carboxylic acids is 2. The van der Waals surface area contributed by atoms with E-state index in [1.807, 2.05) is 7.05 Å². The zero-order chi connectivity index (χ0) is 10.8. The Morgan fingerprint density at radius 1 is 1.36 bits per heavy atom. The first kappa shape index (κ1) is 12.7. The molecular weight excluding hydrogens is 186 g/mol. The molecule has 82 valence electrons. The second-order valence-electron chi connectivity index (χ2n) is 2.72. The molecule has 4 N–H and O–H groups in total. The van der Waals surface area contributed by atoms with Gasteiger partial charge in [-0.3, -0.25) is 4.79 Å². The third-order valence-electron chi connectivity index (χ3n) is 1.50. The fourth-order valence-electron chi connectivity index (χ4n) is 0.856. The van der Waals surface area contributed by atoms with Gasteiger partial charge in [-0.15, -0.1) is 0 Å². The Kier molecular flexibility index (Phi) is 7.53. The smallest absolute Gasteiger partial charge is 0.404 e. The van der Waals surface area contributed by atoms with Crippen LogP contribution in [-0.4, -0.2) is 38.7 Å². The van der Waals surface area contributed by atoms with Crippen LogP contribution in [0.3, 0.4) is 0 Å². The van der Waals surface area contributed by atoms with Crippen LogP contribution in [0.5, 0.6) is 0 Å². The van der Waals surface area contributed by atoms with Gasteiger partial charge in [0.1, 0.15) is 6.61 Å². The molecule has 0 aromatic heterocycles. The Morgan fingerprint density at radius 2 is 2.07 bits per heavy atom. The molecule has 2 amide bonds. The lowest BCUT2D eigenvalue weighted by Gasteiger charge is -2.04. The van der Waals surface area contributed by atoms with Gasteiger partial charge in [0.15, 0.2) is 0 Å². The van der Waals surface area contributed by atoms with E-state index in [2.05, 4.69) is 15.4 Å². The van der Waals surface area contributed by atoms with Crippen molar-refractivity contribution in [2.75, 3.05) is 26.7 Å². The summed E-state index contributed by atoms with van der Waals surface area (Å²) in [6.07, 6.45) is 0.436. The molecule has 0 radical (unpaired) electrons. The van der Waals surface area contributed by atoms with Gasteiger partial charge in [-0.25, -0.2) is 4.79 Å². The second-order valence-corrected chi connectivity index (χ2v) is 2.72. The highest BCUT2D eigenvalue weighted by Crippen LogP contribution is 1.85. The Morgan fingerprint density at radius 3 is 2.64 bits per heavy atom. The van der Waals surface area contributed by atoms with Gasteiger partial charge in [0.05, 0.1) is 6.54 Å². The van der Waals surface area contributed by atoms with Gasteiger partial charge in [0, 0.05) is 6.42 Å². The molecule has 0 saturated heterocycles. The van der Waals surface area contributed by atoms with E-state index >= 15 is 0 Å². The molecule has 0 saturated carbocycles. The molecule has 0 fully saturated rings. The van der Waals surface area contributed by atoms with Crippen LogP contribution in [0.1, 0.15) is 12.8 Å². The van der Waals surface area contributed by atoms with Crippen LogP contribution in [0.4, 0.5) is 4.79 Å². The van der Waals surface area contributed by atoms with Crippen LogP contribution in [-0.2, 0) is 9.53 Å². The van der Waals surface area contributed by atoms with E-state index in [1.165, 1.54) is 0 Å². The SMILES string of the molecule is CNCCCC(=O)NCCOC(N)=O. The van der Waals surface area contributed by atoms with Crippen molar-refractivity contribution in [1.29, 1.82) is 0 Å². The van der Waals surface area contributed by atoms with Crippen LogP contribution in [0, 0.1) is 0 Å². The summed E-state index contributed by atoms with van der Waals surface area (Å²) in [5.41, 5.74) is 4.73. The van der Waals surface area contributed by atoms with Crippen molar-refractivity contribution >= 4 is 12.0 Å². The summed E-state index contributed by atoms with van der Waals surface area (Å²) in [6.45, 7) is 1.24. The van der Waals surface area contributed by atoms with Gasteiger partial charge in [0.2, 0.25) is 5.91 Å². The predicted octanol–water partition coefficient (Wildman–Crippen LogP) is -0.802. The second kappa shape index (κ2) is 8.31. The molecule has 0 spiro atoms. The van der Waals surface area contributed by atoms with E-state index in [-0.39, 0.29) is 12.5 Å². The molecule has 0 aliphatic rings.